The van der Waals surface area contributed by atoms with Crippen LogP contribution < -0.4 is 0 Å². The third-order valence-electron chi connectivity index (χ3n) is 6.43. The second-order valence-electron chi connectivity index (χ2n) is 8.40. The maximum absolute atomic E-state index is 14.5. The summed E-state index contributed by atoms with van der Waals surface area (Å²) in [6.07, 6.45) is 8.24. The first-order valence-corrected chi connectivity index (χ1v) is 13.4. The molecule has 0 amide bonds. The highest BCUT2D eigenvalue weighted by molar-refractivity contribution is 6.59. The lowest BCUT2D eigenvalue weighted by molar-refractivity contribution is 0.511. The number of benzene rings is 3. The molecule has 1 aliphatic heterocycles. The van der Waals surface area contributed by atoms with Crippen LogP contribution >= 0.6 is 0 Å². The monoisotopic (exact) mass is 431 g/mol. The predicted molar refractivity (Wildman–Crippen MR) is 129 cm³/mol. The Morgan fingerprint density at radius 2 is 1.58 bits per heavy atom. The summed E-state index contributed by atoms with van der Waals surface area (Å²) in [6.45, 7) is 2.10. The molecule has 159 valence electrons. The summed E-state index contributed by atoms with van der Waals surface area (Å²) in [5, 5.41) is 0. The molecule has 0 N–H and O–H groups in total. The molecule has 0 unspecified atom stereocenters. The van der Waals surface area contributed by atoms with Crippen LogP contribution in [0, 0.1) is 11.6 Å². The van der Waals surface area contributed by atoms with Crippen LogP contribution in [-0.2, 0) is 0 Å². The maximum Gasteiger partial charge on any atom is 0.166 e. The van der Waals surface area contributed by atoms with Crippen molar-refractivity contribution in [1.82, 2.24) is 0 Å². The van der Waals surface area contributed by atoms with Crippen LogP contribution in [0.25, 0.3) is 22.3 Å². The molecule has 1 aliphatic rings. The molecular formula is C28H29F2Si. The Morgan fingerprint density at radius 1 is 0.871 bits per heavy atom. The fourth-order valence-electron chi connectivity index (χ4n) is 4.71. The van der Waals surface area contributed by atoms with Gasteiger partial charge in [0.2, 0.25) is 0 Å². The average molecular weight is 432 g/mol. The molecule has 3 aromatic rings. The van der Waals surface area contributed by atoms with E-state index < -0.39 is 11.6 Å². The molecule has 0 nitrogen and oxygen atoms in total. The highest BCUT2D eigenvalue weighted by atomic mass is 28.3. The molecule has 3 heteroatoms. The van der Waals surface area contributed by atoms with E-state index in [2.05, 4.69) is 43.3 Å². The van der Waals surface area contributed by atoms with Crippen LogP contribution in [0.4, 0.5) is 8.78 Å². The van der Waals surface area contributed by atoms with Gasteiger partial charge in [0, 0.05) is 14.4 Å². The smallest absolute Gasteiger partial charge is 0.166 e. The van der Waals surface area contributed by atoms with Gasteiger partial charge in [-0.2, -0.15) is 0 Å². The van der Waals surface area contributed by atoms with E-state index in [1.165, 1.54) is 49.0 Å². The summed E-state index contributed by atoms with van der Waals surface area (Å²) in [5.74, 6) is -0.991. The van der Waals surface area contributed by atoms with Gasteiger partial charge >= 0.3 is 0 Å². The Hall–Kier alpha value is -2.52. The SMILES string of the molecule is CC=CCC[Si]1CCC(c2cccc(-c3ccccc3-c3cccc(F)c3F)c2)CC1. The molecule has 1 fully saturated rings. The zero-order valence-corrected chi connectivity index (χ0v) is 19.1. The number of allylic oxidation sites excluding steroid dienone is 2. The average Bonchev–Trinajstić information content (AvgIpc) is 2.82. The highest BCUT2D eigenvalue weighted by Gasteiger charge is 2.23. The molecular weight excluding hydrogens is 402 g/mol. The standard InChI is InChI=1S/C28H29F2Si/c1-2-3-6-17-31-18-15-21(16-19-31)22-9-7-10-23(20-22)24-11-4-5-12-25(24)26-13-8-14-27(29)28(26)30/h2-5,7-14,20-21H,6,15-19H2,1H3. The molecule has 0 atom stereocenters. The Balaban J connectivity index is 1.57. The van der Waals surface area contributed by atoms with E-state index in [1.807, 2.05) is 24.3 Å². The summed E-state index contributed by atoms with van der Waals surface area (Å²) in [5.41, 5.74) is 4.44. The largest absolute Gasteiger partial charge is 0.204 e. The molecule has 31 heavy (non-hydrogen) atoms. The summed E-state index contributed by atoms with van der Waals surface area (Å²) < 4.78 is 28.4. The van der Waals surface area contributed by atoms with Crippen LogP contribution in [0.2, 0.25) is 18.1 Å². The van der Waals surface area contributed by atoms with Gasteiger partial charge in [-0.05, 0) is 60.4 Å². The van der Waals surface area contributed by atoms with E-state index in [4.69, 9.17) is 0 Å². The Morgan fingerprint density at radius 3 is 2.35 bits per heavy atom. The van der Waals surface area contributed by atoms with Gasteiger partial charge < -0.3 is 0 Å². The number of halogens is 2. The Kier molecular flexibility index (Phi) is 7.13. The van der Waals surface area contributed by atoms with Gasteiger partial charge in [-0.3, -0.25) is 0 Å². The number of hydrogen-bond donors (Lipinski definition) is 0. The van der Waals surface area contributed by atoms with Crippen molar-refractivity contribution in [1.29, 1.82) is 0 Å². The lowest BCUT2D eigenvalue weighted by Crippen LogP contribution is -2.20. The normalized spacial score (nSPS) is 15.6. The first-order chi connectivity index (χ1) is 15.2. The van der Waals surface area contributed by atoms with Crippen LogP contribution in [0.1, 0.15) is 37.7 Å². The quantitative estimate of drug-likeness (QED) is 0.271. The van der Waals surface area contributed by atoms with E-state index in [1.54, 1.807) is 12.1 Å². The molecule has 4 rings (SSSR count). The van der Waals surface area contributed by atoms with Crippen molar-refractivity contribution in [3.8, 4) is 22.3 Å². The summed E-state index contributed by atoms with van der Waals surface area (Å²) in [6, 6.07) is 25.0. The van der Waals surface area contributed by atoms with E-state index in [9.17, 15) is 8.78 Å². The maximum atomic E-state index is 14.5. The van der Waals surface area contributed by atoms with Crippen molar-refractivity contribution in [2.75, 3.05) is 0 Å². The molecule has 0 spiro atoms. The molecule has 0 saturated carbocycles. The van der Waals surface area contributed by atoms with Gasteiger partial charge in [-0.15, -0.1) is 0 Å². The van der Waals surface area contributed by atoms with E-state index >= 15 is 0 Å². The van der Waals surface area contributed by atoms with Gasteiger partial charge in [-0.25, -0.2) is 8.78 Å². The lowest BCUT2D eigenvalue weighted by Gasteiger charge is -2.28. The van der Waals surface area contributed by atoms with Crippen molar-refractivity contribution in [2.24, 2.45) is 0 Å². The van der Waals surface area contributed by atoms with Crippen molar-refractivity contribution >= 4 is 8.80 Å². The minimum Gasteiger partial charge on any atom is -0.204 e. The van der Waals surface area contributed by atoms with Crippen molar-refractivity contribution in [3.63, 3.8) is 0 Å². The van der Waals surface area contributed by atoms with Gasteiger partial charge in [0.25, 0.3) is 0 Å². The number of rotatable bonds is 6. The molecule has 1 saturated heterocycles. The van der Waals surface area contributed by atoms with E-state index in [-0.39, 0.29) is 8.80 Å². The molecule has 0 aromatic heterocycles. The third-order valence-corrected chi connectivity index (χ3v) is 9.42. The third kappa shape index (κ3) is 5.04. The Bertz CT molecular complexity index is 1050. The summed E-state index contributed by atoms with van der Waals surface area (Å²) in [7, 11) is -0.201. The van der Waals surface area contributed by atoms with Crippen LogP contribution in [0.5, 0.6) is 0 Å². The lowest BCUT2D eigenvalue weighted by atomic mass is 9.89. The van der Waals surface area contributed by atoms with Gasteiger partial charge in [0.05, 0.1) is 0 Å². The van der Waals surface area contributed by atoms with Gasteiger partial charge in [0.1, 0.15) is 0 Å². The second-order valence-corrected chi connectivity index (χ2v) is 11.4. The van der Waals surface area contributed by atoms with Gasteiger partial charge in [0.15, 0.2) is 11.6 Å². The predicted octanol–water partition coefficient (Wildman–Crippen LogP) is 8.64. The molecule has 0 aliphatic carbocycles. The molecule has 3 aromatic carbocycles. The van der Waals surface area contributed by atoms with Crippen molar-refractivity contribution in [2.45, 2.75) is 50.2 Å². The second kappa shape index (κ2) is 10.2. The molecule has 0 bridgehead atoms. The van der Waals surface area contributed by atoms with Gasteiger partial charge in [-0.1, -0.05) is 90.9 Å². The first kappa shape index (κ1) is 21.7. The molecule has 1 radical (unpaired) electrons. The Labute approximate surface area is 186 Å². The minimum absolute atomic E-state index is 0.201. The summed E-state index contributed by atoms with van der Waals surface area (Å²) >= 11 is 0. The fraction of sp³-hybridized carbons (Fsp3) is 0.286. The van der Waals surface area contributed by atoms with Crippen LogP contribution in [-0.4, -0.2) is 8.80 Å². The van der Waals surface area contributed by atoms with Crippen LogP contribution in [0.15, 0.2) is 78.9 Å². The summed E-state index contributed by atoms with van der Waals surface area (Å²) in [4.78, 5) is 0. The first-order valence-electron chi connectivity index (χ1n) is 11.3. The zero-order chi connectivity index (χ0) is 21.6. The van der Waals surface area contributed by atoms with Crippen molar-refractivity contribution in [3.05, 3.63) is 96.1 Å². The van der Waals surface area contributed by atoms with E-state index in [0.717, 1.165) is 16.7 Å². The van der Waals surface area contributed by atoms with E-state index in [0.29, 0.717) is 11.5 Å². The van der Waals surface area contributed by atoms with Crippen LogP contribution in [0.3, 0.4) is 0 Å². The highest BCUT2D eigenvalue weighted by Crippen LogP contribution is 2.38. The zero-order valence-electron chi connectivity index (χ0n) is 18.1. The fourth-order valence-corrected chi connectivity index (χ4v) is 7.54. The van der Waals surface area contributed by atoms with Crippen molar-refractivity contribution < 1.29 is 8.78 Å². The molecule has 1 heterocycles. The topological polar surface area (TPSA) is 0 Å². The number of hydrogen-bond acceptors (Lipinski definition) is 0. The minimum atomic E-state index is -0.810.